The smallest absolute Gasteiger partial charge is 0.220 e. The van der Waals surface area contributed by atoms with Crippen LogP contribution in [0, 0.1) is 12.8 Å². The SMILES string of the molecule is Cc1ccc(-c2cnc(CCC(=O)NCC3CNC3)o2)cc1.Cl.Cl. The molecule has 2 aromatic rings. The molecule has 1 aromatic carbocycles. The van der Waals surface area contributed by atoms with Gasteiger partial charge in [-0.05, 0) is 6.92 Å². The minimum Gasteiger partial charge on any atom is -0.441 e. The largest absolute Gasteiger partial charge is 0.441 e. The second kappa shape index (κ2) is 9.67. The van der Waals surface area contributed by atoms with Gasteiger partial charge in [-0.1, -0.05) is 29.8 Å². The first-order valence-electron chi connectivity index (χ1n) is 7.70. The predicted molar refractivity (Wildman–Crippen MR) is 98.9 cm³/mol. The van der Waals surface area contributed by atoms with E-state index >= 15 is 0 Å². The molecule has 7 heteroatoms. The molecule has 24 heavy (non-hydrogen) atoms. The van der Waals surface area contributed by atoms with Crippen molar-refractivity contribution in [2.24, 2.45) is 5.92 Å². The van der Waals surface area contributed by atoms with Gasteiger partial charge in [0, 0.05) is 44.0 Å². The summed E-state index contributed by atoms with van der Waals surface area (Å²) in [6, 6.07) is 8.11. The van der Waals surface area contributed by atoms with Crippen molar-refractivity contribution in [2.75, 3.05) is 19.6 Å². The average molecular weight is 372 g/mol. The molecule has 0 saturated carbocycles. The number of aromatic nitrogens is 1. The molecular formula is C17H23Cl2N3O2. The minimum atomic E-state index is 0. The fourth-order valence-electron chi connectivity index (χ4n) is 2.34. The highest BCUT2D eigenvalue weighted by Crippen LogP contribution is 2.21. The number of halogens is 2. The van der Waals surface area contributed by atoms with Crippen molar-refractivity contribution in [3.8, 4) is 11.3 Å². The van der Waals surface area contributed by atoms with E-state index in [1.807, 2.05) is 31.2 Å². The van der Waals surface area contributed by atoms with Gasteiger partial charge in [-0.25, -0.2) is 4.98 Å². The Balaban J connectivity index is 0.00000144. The van der Waals surface area contributed by atoms with E-state index in [4.69, 9.17) is 4.42 Å². The Hall–Kier alpha value is -1.56. The van der Waals surface area contributed by atoms with Crippen LogP contribution >= 0.6 is 24.8 Å². The van der Waals surface area contributed by atoms with E-state index in [0.717, 1.165) is 31.0 Å². The molecule has 0 unspecified atom stereocenters. The molecule has 0 bridgehead atoms. The van der Waals surface area contributed by atoms with E-state index in [2.05, 4.69) is 15.6 Å². The van der Waals surface area contributed by atoms with Crippen molar-refractivity contribution >= 4 is 30.7 Å². The predicted octanol–water partition coefficient (Wildman–Crippen LogP) is 2.76. The fraction of sp³-hybridized carbons (Fsp3) is 0.412. The van der Waals surface area contributed by atoms with Crippen LogP contribution in [0.15, 0.2) is 34.9 Å². The molecule has 0 spiro atoms. The summed E-state index contributed by atoms with van der Waals surface area (Å²) in [6.07, 6.45) is 2.66. The summed E-state index contributed by atoms with van der Waals surface area (Å²) in [4.78, 5) is 16.0. The van der Waals surface area contributed by atoms with Crippen LogP contribution in [-0.4, -0.2) is 30.5 Å². The van der Waals surface area contributed by atoms with E-state index in [9.17, 15) is 4.79 Å². The standard InChI is InChI=1S/C17H21N3O2.2ClH/c1-12-2-4-14(5-3-12)15-11-20-17(22-15)7-6-16(21)19-10-13-8-18-9-13;;/h2-5,11,13,18H,6-10H2,1H3,(H,19,21);2*1H. The summed E-state index contributed by atoms with van der Waals surface area (Å²) in [6.45, 7) is 4.81. The van der Waals surface area contributed by atoms with Crippen LogP contribution in [0.25, 0.3) is 11.3 Å². The number of oxazole rings is 1. The van der Waals surface area contributed by atoms with Gasteiger partial charge in [0.2, 0.25) is 5.91 Å². The van der Waals surface area contributed by atoms with Crippen LogP contribution in [0.4, 0.5) is 0 Å². The number of aryl methyl sites for hydroxylation is 2. The molecule has 2 N–H and O–H groups in total. The number of rotatable bonds is 6. The number of carbonyl (C=O) groups is 1. The molecule has 0 atom stereocenters. The minimum absolute atomic E-state index is 0. The lowest BCUT2D eigenvalue weighted by molar-refractivity contribution is -0.121. The second-order valence-corrected chi connectivity index (χ2v) is 5.81. The molecule has 1 fully saturated rings. The van der Waals surface area contributed by atoms with E-state index in [1.54, 1.807) is 6.20 Å². The van der Waals surface area contributed by atoms with Crippen LogP contribution in [0.2, 0.25) is 0 Å². The van der Waals surface area contributed by atoms with Crippen LogP contribution in [0.1, 0.15) is 17.9 Å². The normalized spacial score (nSPS) is 13.4. The summed E-state index contributed by atoms with van der Waals surface area (Å²) >= 11 is 0. The van der Waals surface area contributed by atoms with Crippen molar-refractivity contribution in [2.45, 2.75) is 19.8 Å². The molecule has 1 aromatic heterocycles. The van der Waals surface area contributed by atoms with Gasteiger partial charge in [0.25, 0.3) is 0 Å². The van der Waals surface area contributed by atoms with Gasteiger partial charge in [-0.3, -0.25) is 4.79 Å². The molecule has 2 heterocycles. The van der Waals surface area contributed by atoms with Crippen molar-refractivity contribution in [3.05, 3.63) is 41.9 Å². The molecular weight excluding hydrogens is 349 g/mol. The van der Waals surface area contributed by atoms with Crippen molar-refractivity contribution in [3.63, 3.8) is 0 Å². The number of amides is 1. The molecule has 1 saturated heterocycles. The number of hydrogen-bond donors (Lipinski definition) is 2. The maximum Gasteiger partial charge on any atom is 0.220 e. The third kappa shape index (κ3) is 5.51. The molecule has 1 amide bonds. The molecule has 132 valence electrons. The van der Waals surface area contributed by atoms with E-state index in [1.165, 1.54) is 5.56 Å². The topological polar surface area (TPSA) is 67.2 Å². The summed E-state index contributed by atoms with van der Waals surface area (Å²) in [5, 5.41) is 6.14. The van der Waals surface area contributed by atoms with E-state index in [0.29, 0.717) is 24.7 Å². The fourth-order valence-corrected chi connectivity index (χ4v) is 2.34. The number of carbonyl (C=O) groups excluding carboxylic acids is 1. The lowest BCUT2D eigenvalue weighted by Gasteiger charge is -2.27. The first-order chi connectivity index (χ1) is 10.7. The molecule has 1 aliphatic rings. The third-order valence-electron chi connectivity index (χ3n) is 3.91. The number of benzene rings is 1. The van der Waals surface area contributed by atoms with Crippen molar-refractivity contribution < 1.29 is 9.21 Å². The Kier molecular flexibility index (Phi) is 8.25. The molecule has 0 radical (unpaired) electrons. The highest BCUT2D eigenvalue weighted by Gasteiger charge is 2.17. The Labute approximate surface area is 154 Å². The van der Waals surface area contributed by atoms with Gasteiger partial charge < -0.3 is 15.1 Å². The van der Waals surface area contributed by atoms with Crippen molar-refractivity contribution in [1.29, 1.82) is 0 Å². The summed E-state index contributed by atoms with van der Waals surface area (Å²) in [7, 11) is 0. The zero-order valence-electron chi connectivity index (χ0n) is 13.6. The number of nitrogens with one attached hydrogen (secondary N) is 2. The zero-order valence-corrected chi connectivity index (χ0v) is 15.2. The molecule has 0 aliphatic carbocycles. The first kappa shape index (κ1) is 20.5. The lowest BCUT2D eigenvalue weighted by atomic mass is 10.0. The Morgan fingerprint density at radius 3 is 2.62 bits per heavy atom. The van der Waals surface area contributed by atoms with Gasteiger partial charge >= 0.3 is 0 Å². The van der Waals surface area contributed by atoms with E-state index in [-0.39, 0.29) is 30.7 Å². The maximum absolute atomic E-state index is 11.8. The Morgan fingerprint density at radius 2 is 2.00 bits per heavy atom. The molecule has 3 rings (SSSR count). The summed E-state index contributed by atoms with van der Waals surface area (Å²) < 4.78 is 5.72. The second-order valence-electron chi connectivity index (χ2n) is 5.81. The quantitative estimate of drug-likeness (QED) is 0.818. The highest BCUT2D eigenvalue weighted by atomic mass is 35.5. The van der Waals surface area contributed by atoms with Gasteiger partial charge in [-0.15, -0.1) is 24.8 Å². The lowest BCUT2D eigenvalue weighted by Crippen LogP contribution is -2.48. The Bertz CT molecular complexity index is 640. The zero-order chi connectivity index (χ0) is 15.4. The monoisotopic (exact) mass is 371 g/mol. The molecule has 1 aliphatic heterocycles. The van der Waals surface area contributed by atoms with Crippen LogP contribution in [0.3, 0.4) is 0 Å². The van der Waals surface area contributed by atoms with Gasteiger partial charge in [0.15, 0.2) is 11.7 Å². The van der Waals surface area contributed by atoms with E-state index < -0.39 is 0 Å². The van der Waals surface area contributed by atoms with Gasteiger partial charge in [-0.2, -0.15) is 0 Å². The number of nitrogens with zero attached hydrogens (tertiary/aromatic N) is 1. The van der Waals surface area contributed by atoms with Gasteiger partial charge in [0.05, 0.1) is 6.20 Å². The van der Waals surface area contributed by atoms with Crippen LogP contribution < -0.4 is 10.6 Å². The Morgan fingerprint density at radius 1 is 1.29 bits per heavy atom. The highest BCUT2D eigenvalue weighted by molar-refractivity contribution is 5.85. The average Bonchev–Trinajstić information content (AvgIpc) is 2.93. The van der Waals surface area contributed by atoms with Crippen LogP contribution in [0.5, 0.6) is 0 Å². The van der Waals surface area contributed by atoms with Crippen LogP contribution in [-0.2, 0) is 11.2 Å². The number of hydrogen-bond acceptors (Lipinski definition) is 4. The third-order valence-corrected chi connectivity index (χ3v) is 3.91. The summed E-state index contributed by atoms with van der Waals surface area (Å²) in [5.41, 5.74) is 2.22. The van der Waals surface area contributed by atoms with Crippen molar-refractivity contribution in [1.82, 2.24) is 15.6 Å². The maximum atomic E-state index is 11.8. The summed E-state index contributed by atoms with van der Waals surface area (Å²) in [5.74, 6) is 1.99. The molecule has 5 nitrogen and oxygen atoms in total. The first-order valence-corrected chi connectivity index (χ1v) is 7.70. The van der Waals surface area contributed by atoms with Gasteiger partial charge in [0.1, 0.15) is 0 Å².